The molecule has 2 rings (SSSR count). The first-order chi connectivity index (χ1) is 11.4. The normalized spacial score (nSPS) is 10.8. The van der Waals surface area contributed by atoms with Gasteiger partial charge < -0.3 is 16.0 Å². The maximum Gasteiger partial charge on any atom is 0.244 e. The van der Waals surface area contributed by atoms with E-state index in [4.69, 9.17) is 5.73 Å². The quantitative estimate of drug-likeness (QED) is 0.416. The van der Waals surface area contributed by atoms with Crippen LogP contribution in [0.4, 0.5) is 5.69 Å². The first-order valence-corrected chi connectivity index (χ1v) is 7.87. The van der Waals surface area contributed by atoms with Gasteiger partial charge in [0.1, 0.15) is 6.54 Å². The van der Waals surface area contributed by atoms with Crippen LogP contribution < -0.4 is 11.1 Å². The van der Waals surface area contributed by atoms with Crippen molar-refractivity contribution in [3.63, 3.8) is 0 Å². The Balaban J connectivity index is 0.00000312. The van der Waals surface area contributed by atoms with Crippen molar-refractivity contribution in [2.75, 3.05) is 18.9 Å². The summed E-state index contributed by atoms with van der Waals surface area (Å²) in [6.07, 6.45) is 0. The average Bonchev–Trinajstić information content (AvgIpc) is 2.52. The molecule has 2 aromatic carbocycles. The Kier molecular flexibility index (Phi) is 8.40. The van der Waals surface area contributed by atoms with E-state index in [1.807, 2.05) is 56.3 Å². The number of hydrogen-bond donors (Lipinski definition) is 2. The molecule has 0 aliphatic rings. The highest BCUT2D eigenvalue weighted by Crippen LogP contribution is 2.13. The Bertz CT molecular complexity index is 711. The molecule has 0 saturated carbocycles. The van der Waals surface area contributed by atoms with Crippen LogP contribution in [0.25, 0.3) is 0 Å². The van der Waals surface area contributed by atoms with Gasteiger partial charge in [-0.25, -0.2) is 4.99 Å². The van der Waals surface area contributed by atoms with Gasteiger partial charge in [-0.15, -0.1) is 24.0 Å². The molecule has 134 valence electrons. The predicted molar refractivity (Wildman–Crippen MR) is 114 cm³/mol. The summed E-state index contributed by atoms with van der Waals surface area (Å²) in [6, 6.07) is 15.9. The first-order valence-electron chi connectivity index (χ1n) is 7.87. The van der Waals surface area contributed by atoms with Crippen molar-refractivity contribution in [1.82, 2.24) is 4.90 Å². The molecule has 5 nitrogen and oxygen atoms in total. The number of carbonyl (C=O) groups is 1. The van der Waals surface area contributed by atoms with Gasteiger partial charge in [0.15, 0.2) is 5.96 Å². The van der Waals surface area contributed by atoms with Crippen LogP contribution in [-0.2, 0) is 11.3 Å². The molecule has 0 saturated heterocycles. The second kappa shape index (κ2) is 10.0. The largest absolute Gasteiger partial charge is 0.370 e. The Morgan fingerprint density at radius 2 is 1.72 bits per heavy atom. The Labute approximate surface area is 166 Å². The van der Waals surface area contributed by atoms with E-state index in [9.17, 15) is 4.79 Å². The summed E-state index contributed by atoms with van der Waals surface area (Å²) >= 11 is 0. The second-order valence-electron chi connectivity index (χ2n) is 5.94. The molecule has 0 aliphatic carbocycles. The Morgan fingerprint density at radius 3 is 2.32 bits per heavy atom. The van der Waals surface area contributed by atoms with Gasteiger partial charge in [0, 0.05) is 19.3 Å². The third-order valence-corrected chi connectivity index (χ3v) is 3.57. The van der Waals surface area contributed by atoms with Gasteiger partial charge in [0.05, 0.1) is 0 Å². The fourth-order valence-corrected chi connectivity index (χ4v) is 2.45. The van der Waals surface area contributed by atoms with Gasteiger partial charge in [-0.3, -0.25) is 4.79 Å². The molecule has 0 heterocycles. The summed E-state index contributed by atoms with van der Waals surface area (Å²) in [7, 11) is 1.76. The number of aryl methyl sites for hydroxylation is 2. The number of amides is 1. The van der Waals surface area contributed by atoms with Crippen molar-refractivity contribution < 1.29 is 4.79 Å². The minimum absolute atomic E-state index is 0. The van der Waals surface area contributed by atoms with Crippen LogP contribution in [0.3, 0.4) is 0 Å². The Hall–Kier alpha value is -2.09. The molecule has 0 atom stereocenters. The van der Waals surface area contributed by atoms with Crippen molar-refractivity contribution >= 4 is 41.5 Å². The van der Waals surface area contributed by atoms with Crippen LogP contribution in [-0.4, -0.2) is 30.4 Å². The van der Waals surface area contributed by atoms with E-state index in [0.29, 0.717) is 6.54 Å². The average molecular weight is 452 g/mol. The van der Waals surface area contributed by atoms with Crippen LogP contribution in [0.2, 0.25) is 0 Å². The van der Waals surface area contributed by atoms with Gasteiger partial charge in [0.2, 0.25) is 5.91 Å². The third-order valence-electron chi connectivity index (χ3n) is 3.57. The molecular formula is C19H25IN4O. The van der Waals surface area contributed by atoms with E-state index in [2.05, 4.69) is 16.4 Å². The zero-order valence-corrected chi connectivity index (χ0v) is 17.2. The van der Waals surface area contributed by atoms with Crippen LogP contribution in [0.1, 0.15) is 16.7 Å². The number of hydrogen-bond acceptors (Lipinski definition) is 2. The van der Waals surface area contributed by atoms with Crippen molar-refractivity contribution in [3.8, 4) is 0 Å². The minimum atomic E-state index is -0.0796. The molecule has 0 spiro atoms. The summed E-state index contributed by atoms with van der Waals surface area (Å²) in [4.78, 5) is 17.9. The molecule has 0 bridgehead atoms. The van der Waals surface area contributed by atoms with Crippen LogP contribution in [0.15, 0.2) is 53.5 Å². The molecule has 0 aromatic heterocycles. The number of rotatable bonds is 5. The molecule has 0 fully saturated rings. The fraction of sp³-hybridized carbons (Fsp3) is 0.263. The number of nitrogens with two attached hydrogens (primary N) is 1. The SMILES string of the molecule is Cc1cc(C)cc(NC(N)=NCC(=O)N(C)Cc2ccccc2)c1.I. The standard InChI is InChI=1S/C19H24N4O.HI/c1-14-9-15(2)11-17(10-14)22-19(20)21-12-18(24)23(3)13-16-7-5-4-6-8-16;/h4-11H,12-13H2,1-3H3,(H3,20,21,22);1H. The minimum Gasteiger partial charge on any atom is -0.370 e. The zero-order valence-electron chi connectivity index (χ0n) is 14.8. The number of aliphatic imine (C=N–C) groups is 1. The highest BCUT2D eigenvalue weighted by atomic mass is 127. The van der Waals surface area contributed by atoms with Crippen molar-refractivity contribution in [1.29, 1.82) is 0 Å². The lowest BCUT2D eigenvalue weighted by Gasteiger charge is -2.16. The third kappa shape index (κ3) is 7.13. The lowest BCUT2D eigenvalue weighted by molar-refractivity contribution is -0.128. The first kappa shape index (κ1) is 21.0. The summed E-state index contributed by atoms with van der Waals surface area (Å²) in [5.74, 6) is 0.158. The lowest BCUT2D eigenvalue weighted by Crippen LogP contribution is -2.30. The number of likely N-dealkylation sites (N-methyl/N-ethyl adjacent to an activating group) is 1. The number of carbonyl (C=O) groups excluding carboxylic acids is 1. The number of benzene rings is 2. The summed E-state index contributed by atoms with van der Waals surface area (Å²) in [5, 5.41) is 3.02. The summed E-state index contributed by atoms with van der Waals surface area (Å²) in [5.41, 5.74) is 10.1. The highest BCUT2D eigenvalue weighted by molar-refractivity contribution is 14.0. The van der Waals surface area contributed by atoms with Crippen LogP contribution in [0.5, 0.6) is 0 Å². The van der Waals surface area contributed by atoms with E-state index < -0.39 is 0 Å². The van der Waals surface area contributed by atoms with Gasteiger partial charge in [-0.2, -0.15) is 0 Å². The smallest absolute Gasteiger partial charge is 0.244 e. The van der Waals surface area contributed by atoms with E-state index in [0.717, 1.165) is 22.4 Å². The number of anilines is 1. The van der Waals surface area contributed by atoms with Crippen LogP contribution in [0, 0.1) is 13.8 Å². The lowest BCUT2D eigenvalue weighted by atomic mass is 10.1. The molecule has 0 aliphatic heterocycles. The Morgan fingerprint density at radius 1 is 1.12 bits per heavy atom. The van der Waals surface area contributed by atoms with E-state index in [-0.39, 0.29) is 42.4 Å². The number of nitrogens with one attached hydrogen (secondary N) is 1. The molecular weight excluding hydrogens is 427 g/mol. The zero-order chi connectivity index (χ0) is 17.5. The molecule has 2 aromatic rings. The van der Waals surface area contributed by atoms with Crippen LogP contribution >= 0.6 is 24.0 Å². The molecule has 0 unspecified atom stereocenters. The molecule has 3 N–H and O–H groups in total. The fourth-order valence-electron chi connectivity index (χ4n) is 2.45. The number of halogens is 1. The topological polar surface area (TPSA) is 70.7 Å². The monoisotopic (exact) mass is 452 g/mol. The number of nitrogens with zero attached hydrogens (tertiary/aromatic N) is 2. The van der Waals surface area contributed by atoms with Crippen molar-refractivity contribution in [2.45, 2.75) is 20.4 Å². The molecule has 0 radical (unpaired) electrons. The molecule has 6 heteroatoms. The highest BCUT2D eigenvalue weighted by Gasteiger charge is 2.08. The summed E-state index contributed by atoms with van der Waals surface area (Å²) in [6.45, 7) is 4.62. The maximum absolute atomic E-state index is 12.1. The van der Waals surface area contributed by atoms with E-state index >= 15 is 0 Å². The molecule has 25 heavy (non-hydrogen) atoms. The second-order valence-corrected chi connectivity index (χ2v) is 5.94. The van der Waals surface area contributed by atoms with E-state index in [1.165, 1.54) is 0 Å². The van der Waals surface area contributed by atoms with Crippen molar-refractivity contribution in [3.05, 3.63) is 65.2 Å². The predicted octanol–water partition coefficient (Wildman–Crippen LogP) is 3.31. The number of guanidine groups is 1. The van der Waals surface area contributed by atoms with Gasteiger partial charge in [0.25, 0.3) is 0 Å². The van der Waals surface area contributed by atoms with Gasteiger partial charge >= 0.3 is 0 Å². The van der Waals surface area contributed by atoms with Gasteiger partial charge in [-0.1, -0.05) is 36.4 Å². The van der Waals surface area contributed by atoms with E-state index in [1.54, 1.807) is 11.9 Å². The maximum atomic E-state index is 12.1. The van der Waals surface area contributed by atoms with Crippen molar-refractivity contribution in [2.24, 2.45) is 10.7 Å². The van der Waals surface area contributed by atoms with Gasteiger partial charge in [-0.05, 0) is 42.7 Å². The molecule has 1 amide bonds. The summed E-state index contributed by atoms with van der Waals surface area (Å²) < 4.78 is 0.